The fourth-order valence-corrected chi connectivity index (χ4v) is 3.56. The van der Waals surface area contributed by atoms with Crippen LogP contribution in [0.3, 0.4) is 0 Å². The first-order chi connectivity index (χ1) is 15.0. The zero-order valence-electron chi connectivity index (χ0n) is 18.6. The lowest BCUT2D eigenvalue weighted by atomic mass is 10.1. The van der Waals surface area contributed by atoms with Gasteiger partial charge in [0.05, 0.1) is 19.8 Å². The molecule has 1 N–H and O–H groups in total. The average Bonchev–Trinajstić information content (AvgIpc) is 2.77. The minimum atomic E-state index is -0.170. The van der Waals surface area contributed by atoms with E-state index in [1.807, 2.05) is 43.0 Å². The lowest BCUT2D eigenvalue weighted by molar-refractivity contribution is -0.129. The molecule has 8 nitrogen and oxygen atoms in total. The molecule has 3 rings (SSSR count). The third kappa shape index (κ3) is 6.30. The number of nitrogens with zero attached hydrogens (tertiary/aromatic N) is 3. The van der Waals surface area contributed by atoms with Gasteiger partial charge in [0.15, 0.2) is 0 Å². The molecular weight excluding hydrogens is 396 g/mol. The van der Waals surface area contributed by atoms with Crippen LogP contribution in [0.15, 0.2) is 29.1 Å². The SMILES string of the molecule is Cc1ccccc1OCCCN(C)C(=O)CCc1c(C)nc(N2CCOCC2)[nH]c1=O. The largest absolute Gasteiger partial charge is 0.493 e. The number of benzene rings is 1. The first kappa shape index (κ1) is 22.8. The summed E-state index contributed by atoms with van der Waals surface area (Å²) in [6.07, 6.45) is 1.39. The van der Waals surface area contributed by atoms with Gasteiger partial charge >= 0.3 is 0 Å². The van der Waals surface area contributed by atoms with Crippen molar-refractivity contribution in [2.45, 2.75) is 33.1 Å². The van der Waals surface area contributed by atoms with Gasteiger partial charge < -0.3 is 19.3 Å². The van der Waals surface area contributed by atoms with E-state index >= 15 is 0 Å². The molecule has 1 aliphatic heterocycles. The normalized spacial score (nSPS) is 13.8. The smallest absolute Gasteiger partial charge is 0.255 e. The van der Waals surface area contributed by atoms with Crippen LogP contribution in [0.5, 0.6) is 5.75 Å². The number of amides is 1. The number of morpholine rings is 1. The summed E-state index contributed by atoms with van der Waals surface area (Å²) in [7, 11) is 1.78. The van der Waals surface area contributed by atoms with Crippen molar-refractivity contribution in [2.75, 3.05) is 51.4 Å². The molecule has 8 heteroatoms. The van der Waals surface area contributed by atoms with Gasteiger partial charge in [0.2, 0.25) is 11.9 Å². The van der Waals surface area contributed by atoms with E-state index in [1.165, 1.54) is 0 Å². The zero-order valence-corrected chi connectivity index (χ0v) is 18.6. The summed E-state index contributed by atoms with van der Waals surface area (Å²) in [5.74, 6) is 1.46. The first-order valence-electron chi connectivity index (χ1n) is 10.8. The second-order valence-electron chi connectivity index (χ2n) is 7.84. The predicted molar refractivity (Wildman–Crippen MR) is 120 cm³/mol. The van der Waals surface area contributed by atoms with E-state index in [9.17, 15) is 9.59 Å². The number of hydrogen-bond donors (Lipinski definition) is 1. The van der Waals surface area contributed by atoms with Crippen molar-refractivity contribution in [1.29, 1.82) is 0 Å². The van der Waals surface area contributed by atoms with Crippen LogP contribution in [0.25, 0.3) is 0 Å². The van der Waals surface area contributed by atoms with Gasteiger partial charge in [-0.15, -0.1) is 0 Å². The number of nitrogens with one attached hydrogen (secondary N) is 1. The standard InChI is InChI=1S/C23H32N4O4/c1-17-7-4-5-8-20(17)31-14-6-11-26(3)21(28)10-9-19-18(2)24-23(25-22(19)29)27-12-15-30-16-13-27/h4-5,7-8H,6,9-16H2,1-3H3,(H,24,25,29). The van der Waals surface area contributed by atoms with E-state index in [2.05, 4.69) is 9.97 Å². The van der Waals surface area contributed by atoms with E-state index in [4.69, 9.17) is 9.47 Å². The number of aromatic amines is 1. The van der Waals surface area contributed by atoms with Gasteiger partial charge in [-0.25, -0.2) is 4.98 Å². The molecule has 1 fully saturated rings. The van der Waals surface area contributed by atoms with E-state index in [-0.39, 0.29) is 17.9 Å². The van der Waals surface area contributed by atoms with E-state index < -0.39 is 0 Å². The fraction of sp³-hybridized carbons (Fsp3) is 0.522. The number of para-hydroxylation sites is 1. The summed E-state index contributed by atoms with van der Waals surface area (Å²) in [5.41, 5.74) is 2.17. The quantitative estimate of drug-likeness (QED) is 0.616. The van der Waals surface area contributed by atoms with E-state index in [1.54, 1.807) is 11.9 Å². The molecule has 0 bridgehead atoms. The molecule has 1 aliphatic rings. The summed E-state index contributed by atoms with van der Waals surface area (Å²) in [4.78, 5) is 36.2. The van der Waals surface area contributed by atoms with Crippen molar-refractivity contribution in [3.63, 3.8) is 0 Å². The molecule has 0 radical (unpaired) electrons. The summed E-state index contributed by atoms with van der Waals surface area (Å²) in [6, 6.07) is 7.89. The second kappa shape index (κ2) is 10.9. The molecule has 1 aromatic heterocycles. The van der Waals surface area contributed by atoms with E-state index in [0.717, 1.165) is 17.7 Å². The van der Waals surface area contributed by atoms with Gasteiger partial charge in [-0.3, -0.25) is 14.6 Å². The van der Waals surface area contributed by atoms with Gasteiger partial charge in [-0.2, -0.15) is 0 Å². The molecule has 31 heavy (non-hydrogen) atoms. The Balaban J connectivity index is 1.46. The minimum Gasteiger partial charge on any atom is -0.493 e. The predicted octanol–water partition coefficient (Wildman–Crippen LogP) is 2.08. The number of hydrogen-bond acceptors (Lipinski definition) is 6. The van der Waals surface area contributed by atoms with Crippen molar-refractivity contribution < 1.29 is 14.3 Å². The molecule has 168 valence electrons. The monoisotopic (exact) mass is 428 g/mol. The van der Waals surface area contributed by atoms with Crippen molar-refractivity contribution in [3.05, 3.63) is 51.4 Å². The Morgan fingerprint density at radius 2 is 2.00 bits per heavy atom. The van der Waals surface area contributed by atoms with Crippen LogP contribution in [0.4, 0.5) is 5.95 Å². The van der Waals surface area contributed by atoms with Crippen LogP contribution in [0, 0.1) is 13.8 Å². The number of ether oxygens (including phenoxy) is 2. The highest BCUT2D eigenvalue weighted by atomic mass is 16.5. The van der Waals surface area contributed by atoms with Crippen molar-refractivity contribution >= 4 is 11.9 Å². The fourth-order valence-electron chi connectivity index (χ4n) is 3.56. The van der Waals surface area contributed by atoms with Crippen LogP contribution in [0.1, 0.15) is 29.7 Å². The molecular formula is C23H32N4O4. The third-order valence-corrected chi connectivity index (χ3v) is 5.52. The molecule has 0 atom stereocenters. The van der Waals surface area contributed by atoms with E-state index in [0.29, 0.717) is 63.1 Å². The highest BCUT2D eigenvalue weighted by Crippen LogP contribution is 2.16. The number of rotatable bonds is 9. The molecule has 2 aromatic rings. The molecule has 0 aliphatic carbocycles. The number of aryl methyl sites for hydroxylation is 2. The Morgan fingerprint density at radius 3 is 2.71 bits per heavy atom. The number of carbonyl (C=O) groups is 1. The van der Waals surface area contributed by atoms with Crippen LogP contribution >= 0.6 is 0 Å². The summed E-state index contributed by atoms with van der Waals surface area (Å²) >= 11 is 0. The first-order valence-corrected chi connectivity index (χ1v) is 10.8. The topological polar surface area (TPSA) is 87.8 Å². The summed E-state index contributed by atoms with van der Waals surface area (Å²) in [5, 5.41) is 0. The Hall–Kier alpha value is -2.87. The van der Waals surface area contributed by atoms with Gasteiger partial charge in [0, 0.05) is 44.4 Å². The van der Waals surface area contributed by atoms with Crippen molar-refractivity contribution in [1.82, 2.24) is 14.9 Å². The van der Waals surface area contributed by atoms with Gasteiger partial charge in [0.1, 0.15) is 5.75 Å². The van der Waals surface area contributed by atoms with Gasteiger partial charge in [0.25, 0.3) is 5.56 Å². The van der Waals surface area contributed by atoms with Gasteiger partial charge in [-0.05, 0) is 38.3 Å². The molecule has 0 unspecified atom stereocenters. The maximum atomic E-state index is 12.6. The Kier molecular flexibility index (Phi) is 8.06. The molecule has 0 saturated carbocycles. The molecule has 1 saturated heterocycles. The number of carbonyl (C=O) groups excluding carboxylic acids is 1. The zero-order chi connectivity index (χ0) is 22.2. The summed E-state index contributed by atoms with van der Waals surface area (Å²) < 4.78 is 11.1. The maximum Gasteiger partial charge on any atom is 0.255 e. The van der Waals surface area contributed by atoms with Crippen molar-refractivity contribution in [2.24, 2.45) is 0 Å². The lowest BCUT2D eigenvalue weighted by Crippen LogP contribution is -2.38. The second-order valence-corrected chi connectivity index (χ2v) is 7.84. The molecule has 0 spiro atoms. The summed E-state index contributed by atoms with van der Waals surface area (Å²) in [6.45, 7) is 7.66. The average molecular weight is 429 g/mol. The highest BCUT2D eigenvalue weighted by molar-refractivity contribution is 5.76. The maximum absolute atomic E-state index is 12.6. The lowest BCUT2D eigenvalue weighted by Gasteiger charge is -2.27. The van der Waals surface area contributed by atoms with Gasteiger partial charge in [-0.1, -0.05) is 18.2 Å². The van der Waals surface area contributed by atoms with Crippen LogP contribution < -0.4 is 15.2 Å². The van der Waals surface area contributed by atoms with Crippen molar-refractivity contribution in [3.8, 4) is 5.75 Å². The molecule has 1 aromatic carbocycles. The molecule has 1 amide bonds. The number of H-pyrrole nitrogens is 1. The third-order valence-electron chi connectivity index (χ3n) is 5.52. The van der Waals surface area contributed by atoms with Crippen LogP contribution in [-0.2, 0) is 16.0 Å². The Bertz CT molecular complexity index is 937. The number of aromatic nitrogens is 2. The Labute approximate surface area is 183 Å². The Morgan fingerprint density at radius 1 is 1.26 bits per heavy atom. The number of anilines is 1. The molecule has 2 heterocycles. The minimum absolute atomic E-state index is 0.00643. The van der Waals surface area contributed by atoms with Crippen LogP contribution in [0.2, 0.25) is 0 Å². The van der Waals surface area contributed by atoms with Crippen LogP contribution in [-0.4, -0.2) is 67.3 Å². The highest BCUT2D eigenvalue weighted by Gasteiger charge is 2.17.